The van der Waals surface area contributed by atoms with Crippen molar-refractivity contribution in [2.75, 3.05) is 13.0 Å². The first-order valence-electron chi connectivity index (χ1n) is 14.0. The van der Waals surface area contributed by atoms with Gasteiger partial charge in [-0.25, -0.2) is 9.59 Å². The van der Waals surface area contributed by atoms with E-state index in [9.17, 15) is 19.2 Å². The van der Waals surface area contributed by atoms with Crippen molar-refractivity contribution in [2.24, 2.45) is 0 Å². The molecule has 3 aromatic carbocycles. The standard InChI is InChI=1S/C33H33Cl2N3O7/c1-20-9-7-8-12-25(20)26(37-33(42)45-19-23-13-15-24(43-3)16-14-23)30(39)36-27-29(35)38(31(27)40)28(21(2)17-34)32(41)44-18-22-10-5-4-6-11-22/h4-16,26-29H,2,17-19H2,1,3H3,(H,36,39)(H,37,42). The highest BCUT2D eigenvalue weighted by atomic mass is 35.5. The van der Waals surface area contributed by atoms with E-state index in [0.717, 1.165) is 16.0 Å². The van der Waals surface area contributed by atoms with Gasteiger partial charge in [0.15, 0.2) is 6.04 Å². The quantitative estimate of drug-likeness (QED) is 0.0896. The second-order valence-electron chi connectivity index (χ2n) is 10.3. The van der Waals surface area contributed by atoms with E-state index in [4.69, 9.17) is 37.4 Å². The molecule has 45 heavy (non-hydrogen) atoms. The Bertz CT molecular complexity index is 1530. The monoisotopic (exact) mass is 653 g/mol. The fourth-order valence-electron chi connectivity index (χ4n) is 4.70. The van der Waals surface area contributed by atoms with Crippen LogP contribution in [-0.4, -0.2) is 59.4 Å². The van der Waals surface area contributed by atoms with Crippen LogP contribution in [-0.2, 0) is 37.1 Å². The van der Waals surface area contributed by atoms with Gasteiger partial charge in [-0.05, 0) is 46.9 Å². The number of aryl methyl sites for hydroxylation is 1. The molecule has 1 saturated heterocycles. The minimum atomic E-state index is -1.26. The van der Waals surface area contributed by atoms with Gasteiger partial charge < -0.3 is 29.7 Å². The van der Waals surface area contributed by atoms with Crippen LogP contribution in [0.5, 0.6) is 5.75 Å². The van der Waals surface area contributed by atoms with Gasteiger partial charge in [0.25, 0.3) is 5.91 Å². The van der Waals surface area contributed by atoms with Crippen LogP contribution >= 0.6 is 23.2 Å². The van der Waals surface area contributed by atoms with Crippen LogP contribution in [0.15, 0.2) is 91.0 Å². The molecule has 1 heterocycles. The van der Waals surface area contributed by atoms with E-state index >= 15 is 0 Å². The number of nitrogens with one attached hydrogen (secondary N) is 2. The Kier molecular flexibility index (Phi) is 11.5. The molecule has 0 aromatic heterocycles. The SMILES string of the molecule is C=C(CCl)C(C(=O)OCc1ccccc1)N1C(=O)C(NC(=O)C(NC(=O)OCc2ccc(OC)cc2)c2ccccc2C)C1Cl. The topological polar surface area (TPSA) is 123 Å². The van der Waals surface area contributed by atoms with E-state index in [-0.39, 0.29) is 24.7 Å². The third-order valence-electron chi connectivity index (χ3n) is 7.20. The molecule has 1 aliphatic rings. The van der Waals surface area contributed by atoms with Crippen molar-refractivity contribution >= 4 is 47.1 Å². The maximum absolute atomic E-state index is 13.6. The van der Waals surface area contributed by atoms with E-state index in [1.807, 2.05) is 6.07 Å². The summed E-state index contributed by atoms with van der Waals surface area (Å²) < 4.78 is 15.9. The van der Waals surface area contributed by atoms with Gasteiger partial charge in [0.05, 0.1) is 7.11 Å². The number of methoxy groups -OCH3 is 1. The van der Waals surface area contributed by atoms with Crippen LogP contribution in [0.2, 0.25) is 0 Å². The number of likely N-dealkylation sites (tertiary alicyclic amines) is 1. The lowest BCUT2D eigenvalue weighted by atomic mass is 9.97. The first-order valence-corrected chi connectivity index (χ1v) is 14.9. The number of carbonyl (C=O) groups excluding carboxylic acids is 4. The zero-order chi connectivity index (χ0) is 32.5. The highest BCUT2D eigenvalue weighted by Crippen LogP contribution is 2.31. The highest BCUT2D eigenvalue weighted by molar-refractivity contribution is 6.27. The predicted octanol–water partition coefficient (Wildman–Crippen LogP) is 4.77. The Morgan fingerprint density at radius 2 is 1.56 bits per heavy atom. The summed E-state index contributed by atoms with van der Waals surface area (Å²) in [6.07, 6.45) is -0.849. The number of rotatable bonds is 13. The maximum atomic E-state index is 13.6. The average Bonchev–Trinajstić information content (AvgIpc) is 3.06. The van der Waals surface area contributed by atoms with Crippen LogP contribution < -0.4 is 15.4 Å². The number of amides is 3. The van der Waals surface area contributed by atoms with Crippen LogP contribution in [0.1, 0.15) is 28.3 Å². The van der Waals surface area contributed by atoms with Crippen LogP contribution in [0.25, 0.3) is 0 Å². The number of nitrogens with zero attached hydrogens (tertiary/aromatic N) is 1. The summed E-state index contributed by atoms with van der Waals surface area (Å²) in [5.41, 5.74) is 1.75. The fourth-order valence-corrected chi connectivity index (χ4v) is 5.22. The second kappa shape index (κ2) is 15.5. The molecule has 0 radical (unpaired) electrons. The Hall–Kier alpha value is -4.54. The molecule has 0 spiro atoms. The first-order chi connectivity index (χ1) is 21.6. The lowest BCUT2D eigenvalue weighted by molar-refractivity contribution is -0.164. The van der Waals surface area contributed by atoms with Crippen molar-refractivity contribution in [1.29, 1.82) is 0 Å². The van der Waals surface area contributed by atoms with Crippen molar-refractivity contribution < 1.29 is 33.4 Å². The number of hydrogen-bond acceptors (Lipinski definition) is 7. The van der Waals surface area contributed by atoms with E-state index in [1.54, 1.807) is 86.8 Å². The number of carbonyl (C=O) groups is 4. The second-order valence-corrected chi connectivity index (χ2v) is 11.0. The molecule has 236 valence electrons. The minimum Gasteiger partial charge on any atom is -0.497 e. The zero-order valence-electron chi connectivity index (χ0n) is 24.7. The third-order valence-corrected chi connectivity index (χ3v) is 8.00. The normalized spacial score (nSPS) is 16.9. The van der Waals surface area contributed by atoms with Crippen LogP contribution in [0.3, 0.4) is 0 Å². The number of esters is 1. The van der Waals surface area contributed by atoms with E-state index in [0.29, 0.717) is 16.9 Å². The Labute approximate surface area is 271 Å². The maximum Gasteiger partial charge on any atom is 0.408 e. The average molecular weight is 655 g/mol. The van der Waals surface area contributed by atoms with Crippen LogP contribution in [0, 0.1) is 6.92 Å². The van der Waals surface area contributed by atoms with Crippen molar-refractivity contribution in [3.05, 3.63) is 113 Å². The smallest absolute Gasteiger partial charge is 0.408 e. The number of β-lactam (4-membered cyclic amide) rings is 1. The number of hydrogen-bond donors (Lipinski definition) is 2. The summed E-state index contributed by atoms with van der Waals surface area (Å²) in [7, 11) is 1.55. The summed E-state index contributed by atoms with van der Waals surface area (Å²) in [5.74, 6) is -1.57. The van der Waals surface area contributed by atoms with Gasteiger partial charge in [-0.3, -0.25) is 9.59 Å². The molecule has 2 N–H and O–H groups in total. The summed E-state index contributed by atoms with van der Waals surface area (Å²) in [6, 6.07) is 19.3. The fraction of sp³-hybridized carbons (Fsp3) is 0.273. The van der Waals surface area contributed by atoms with Gasteiger partial charge >= 0.3 is 12.1 Å². The Morgan fingerprint density at radius 1 is 0.933 bits per heavy atom. The number of benzene rings is 3. The van der Waals surface area contributed by atoms with Gasteiger partial charge in [-0.15, -0.1) is 11.6 Å². The molecule has 4 rings (SSSR count). The van der Waals surface area contributed by atoms with Crippen molar-refractivity contribution in [3.63, 3.8) is 0 Å². The van der Waals surface area contributed by atoms with Crippen molar-refractivity contribution in [3.8, 4) is 5.75 Å². The minimum absolute atomic E-state index is 0.0285. The van der Waals surface area contributed by atoms with Gasteiger partial charge in [-0.2, -0.15) is 0 Å². The number of ether oxygens (including phenoxy) is 3. The molecule has 12 heteroatoms. The molecular formula is C33H33Cl2N3O7. The van der Waals surface area contributed by atoms with Crippen molar-refractivity contribution in [2.45, 2.75) is 43.8 Å². The van der Waals surface area contributed by atoms with E-state index in [2.05, 4.69) is 17.2 Å². The number of halogens is 2. The zero-order valence-corrected chi connectivity index (χ0v) is 26.2. The summed E-state index contributed by atoms with van der Waals surface area (Å²) in [5, 5.41) is 5.20. The predicted molar refractivity (Wildman–Crippen MR) is 169 cm³/mol. The molecule has 0 aliphatic carbocycles. The van der Waals surface area contributed by atoms with E-state index in [1.165, 1.54) is 0 Å². The van der Waals surface area contributed by atoms with Crippen molar-refractivity contribution in [1.82, 2.24) is 15.5 Å². The molecule has 4 unspecified atom stereocenters. The third kappa shape index (κ3) is 8.14. The largest absolute Gasteiger partial charge is 0.497 e. The number of alkyl halides is 2. The molecular weight excluding hydrogens is 621 g/mol. The number of alkyl carbamates (subject to hydrolysis) is 1. The molecule has 1 aliphatic heterocycles. The summed E-state index contributed by atoms with van der Waals surface area (Å²) in [6.45, 7) is 5.53. The molecule has 0 bridgehead atoms. The van der Waals surface area contributed by atoms with Gasteiger partial charge in [0.2, 0.25) is 5.91 Å². The highest BCUT2D eigenvalue weighted by Gasteiger charge is 2.53. The molecule has 10 nitrogen and oxygen atoms in total. The summed E-state index contributed by atoms with van der Waals surface area (Å²) >= 11 is 12.6. The Balaban J connectivity index is 1.44. The molecule has 0 saturated carbocycles. The van der Waals surface area contributed by atoms with E-state index < -0.39 is 47.5 Å². The van der Waals surface area contributed by atoms with Gasteiger partial charge in [0.1, 0.15) is 36.5 Å². The molecule has 1 fully saturated rings. The Morgan fingerprint density at radius 3 is 2.18 bits per heavy atom. The molecule has 3 amide bonds. The van der Waals surface area contributed by atoms with Gasteiger partial charge in [-0.1, -0.05) is 84.9 Å². The summed E-state index contributed by atoms with van der Waals surface area (Å²) in [4.78, 5) is 53.8. The lowest BCUT2D eigenvalue weighted by Crippen LogP contribution is -2.73. The molecule has 3 aromatic rings. The first kappa shape index (κ1) is 33.4. The van der Waals surface area contributed by atoms with Gasteiger partial charge in [0, 0.05) is 5.88 Å². The molecule has 4 atom stereocenters. The lowest BCUT2D eigenvalue weighted by Gasteiger charge is -2.47. The van der Waals surface area contributed by atoms with Crippen LogP contribution in [0.4, 0.5) is 4.79 Å².